The van der Waals surface area contributed by atoms with Crippen LogP contribution in [0.3, 0.4) is 0 Å². The molecule has 0 saturated carbocycles. The Hall–Kier alpha value is -4.71. The normalized spacial score (nSPS) is 21.6. The minimum absolute atomic E-state index is 0.00399. The smallest absolute Gasteiger partial charge is 0.338 e. The van der Waals surface area contributed by atoms with E-state index in [1.54, 1.807) is 18.2 Å². The number of nitrogens with zero attached hydrogens (tertiary/aromatic N) is 1. The SMILES string of the molecule is COc1cc([C@@H]2c3cc4c(cc3[C@@H](OC(=O)c3ccc([N+](=O)[O-])cc3)[C@H]3COC(=O)[C@H]23)OCO4)c(Cl)c(OC)c1OC. The molecule has 3 aromatic rings. The largest absolute Gasteiger partial charge is 0.493 e. The number of ether oxygens (including phenoxy) is 7. The van der Waals surface area contributed by atoms with Crippen molar-refractivity contribution in [2.75, 3.05) is 34.7 Å². The van der Waals surface area contributed by atoms with Crippen LogP contribution in [0.15, 0.2) is 42.5 Å². The molecule has 6 rings (SSSR count). The maximum absolute atomic E-state index is 13.4. The molecule has 0 bridgehead atoms. The van der Waals surface area contributed by atoms with Crippen LogP contribution in [-0.2, 0) is 14.3 Å². The molecule has 4 atom stereocenters. The van der Waals surface area contributed by atoms with Gasteiger partial charge in [0, 0.05) is 29.5 Å². The molecule has 218 valence electrons. The summed E-state index contributed by atoms with van der Waals surface area (Å²) in [6.45, 7) is -0.0237. The Labute approximate surface area is 244 Å². The summed E-state index contributed by atoms with van der Waals surface area (Å²) in [7, 11) is 4.38. The van der Waals surface area contributed by atoms with Crippen LogP contribution in [0.4, 0.5) is 5.69 Å². The molecule has 0 amide bonds. The lowest BCUT2D eigenvalue weighted by Crippen LogP contribution is -2.36. The predicted molar refractivity (Wildman–Crippen MR) is 145 cm³/mol. The first-order chi connectivity index (χ1) is 20.3. The second-order valence-electron chi connectivity index (χ2n) is 9.81. The quantitative estimate of drug-likeness (QED) is 0.210. The Morgan fingerprint density at radius 2 is 1.60 bits per heavy atom. The zero-order valence-corrected chi connectivity index (χ0v) is 23.3. The maximum Gasteiger partial charge on any atom is 0.338 e. The van der Waals surface area contributed by atoms with E-state index < -0.39 is 40.7 Å². The van der Waals surface area contributed by atoms with Gasteiger partial charge in [-0.05, 0) is 41.5 Å². The number of cyclic esters (lactones) is 1. The lowest BCUT2D eigenvalue weighted by molar-refractivity contribution is -0.384. The number of nitro groups is 1. The van der Waals surface area contributed by atoms with Gasteiger partial charge in [-0.2, -0.15) is 0 Å². The number of halogens is 1. The summed E-state index contributed by atoms with van der Waals surface area (Å²) in [5.74, 6) is -1.55. The summed E-state index contributed by atoms with van der Waals surface area (Å²) in [6, 6.07) is 10.2. The first-order valence-electron chi connectivity index (χ1n) is 12.8. The highest BCUT2D eigenvalue weighted by Crippen LogP contribution is 2.58. The molecular formula is C29H24ClNO11. The van der Waals surface area contributed by atoms with E-state index in [1.807, 2.05) is 0 Å². The molecule has 13 heteroatoms. The second-order valence-corrected chi connectivity index (χ2v) is 10.2. The predicted octanol–water partition coefficient (Wildman–Crippen LogP) is 4.84. The van der Waals surface area contributed by atoms with Crippen LogP contribution >= 0.6 is 11.6 Å². The van der Waals surface area contributed by atoms with E-state index in [-0.39, 0.29) is 41.2 Å². The average Bonchev–Trinajstić information content (AvgIpc) is 3.62. The highest BCUT2D eigenvalue weighted by atomic mass is 35.5. The van der Waals surface area contributed by atoms with Gasteiger partial charge in [0.2, 0.25) is 12.5 Å². The van der Waals surface area contributed by atoms with Gasteiger partial charge in [0.15, 0.2) is 23.0 Å². The van der Waals surface area contributed by atoms with Crippen LogP contribution in [0.1, 0.15) is 39.1 Å². The number of methoxy groups -OCH3 is 3. The van der Waals surface area contributed by atoms with Crippen molar-refractivity contribution in [1.29, 1.82) is 0 Å². The number of nitro benzene ring substituents is 1. The third kappa shape index (κ3) is 4.30. The molecule has 3 aromatic carbocycles. The summed E-state index contributed by atoms with van der Waals surface area (Å²) in [6.07, 6.45) is -0.925. The molecule has 2 aliphatic heterocycles. The van der Waals surface area contributed by atoms with Crippen molar-refractivity contribution in [2.24, 2.45) is 11.8 Å². The summed E-state index contributed by atoms with van der Waals surface area (Å²) in [4.78, 5) is 37.2. The standard InChI is InChI=1S/C29H24ClNO11/c1-36-21-10-17(24(30)27(38-3)26(21)37-2)22-15-8-19-20(41-12-40-19)9-16(15)25(18-11-39-29(33)23(18)22)42-28(32)13-4-6-14(7-5-13)31(34)35/h4-10,18,22-23,25H,11-12H2,1-3H3/t18-,22-,23-,25+/m0/s1. The molecule has 2 heterocycles. The van der Waals surface area contributed by atoms with Gasteiger partial charge in [-0.15, -0.1) is 0 Å². The number of esters is 2. The van der Waals surface area contributed by atoms with Gasteiger partial charge < -0.3 is 33.2 Å². The molecule has 42 heavy (non-hydrogen) atoms. The van der Waals surface area contributed by atoms with Crippen molar-refractivity contribution in [3.05, 3.63) is 79.9 Å². The van der Waals surface area contributed by atoms with Gasteiger partial charge in [-0.25, -0.2) is 4.79 Å². The fourth-order valence-electron chi connectivity index (χ4n) is 5.91. The number of benzene rings is 3. The topological polar surface area (TPSA) is 142 Å². The molecule has 1 fully saturated rings. The van der Waals surface area contributed by atoms with Crippen LogP contribution in [-0.4, -0.2) is 51.6 Å². The summed E-state index contributed by atoms with van der Waals surface area (Å²) >= 11 is 6.91. The number of rotatable bonds is 7. The molecule has 1 aliphatic carbocycles. The molecule has 0 unspecified atom stereocenters. The van der Waals surface area contributed by atoms with Crippen molar-refractivity contribution in [3.63, 3.8) is 0 Å². The van der Waals surface area contributed by atoms with Gasteiger partial charge in [-0.3, -0.25) is 14.9 Å². The molecule has 0 spiro atoms. The van der Waals surface area contributed by atoms with Gasteiger partial charge in [0.25, 0.3) is 5.69 Å². The van der Waals surface area contributed by atoms with Crippen LogP contribution < -0.4 is 23.7 Å². The zero-order chi connectivity index (χ0) is 29.7. The number of hydrogen-bond acceptors (Lipinski definition) is 11. The van der Waals surface area contributed by atoms with E-state index in [1.165, 1.54) is 45.6 Å². The number of non-ortho nitro benzene ring substituents is 1. The van der Waals surface area contributed by atoms with Crippen LogP contribution in [0, 0.1) is 22.0 Å². The summed E-state index contributed by atoms with van der Waals surface area (Å²) in [5, 5.41) is 11.3. The summed E-state index contributed by atoms with van der Waals surface area (Å²) < 4.78 is 39.5. The fourth-order valence-corrected chi connectivity index (χ4v) is 6.24. The lowest BCUT2D eigenvalue weighted by atomic mass is 9.66. The number of carbonyl (C=O) groups excluding carboxylic acids is 2. The minimum atomic E-state index is -0.925. The zero-order valence-electron chi connectivity index (χ0n) is 22.6. The number of carbonyl (C=O) groups is 2. The summed E-state index contributed by atoms with van der Waals surface area (Å²) in [5.41, 5.74) is 1.64. The second kappa shape index (κ2) is 10.6. The lowest BCUT2D eigenvalue weighted by Gasteiger charge is -2.39. The Kier molecular flexibility index (Phi) is 6.93. The molecule has 1 saturated heterocycles. The molecule has 0 aromatic heterocycles. The van der Waals surface area contributed by atoms with Crippen molar-refractivity contribution in [2.45, 2.75) is 12.0 Å². The highest BCUT2D eigenvalue weighted by Gasteiger charge is 2.54. The van der Waals surface area contributed by atoms with E-state index in [4.69, 9.17) is 44.8 Å². The molecule has 3 aliphatic rings. The Bertz CT molecular complexity index is 1610. The molecule has 0 radical (unpaired) electrons. The first kappa shape index (κ1) is 27.5. The van der Waals surface area contributed by atoms with Crippen LogP contribution in [0.5, 0.6) is 28.7 Å². The van der Waals surface area contributed by atoms with Gasteiger partial charge >= 0.3 is 11.9 Å². The number of fused-ring (bicyclic) bond motifs is 3. The van der Waals surface area contributed by atoms with E-state index in [0.29, 0.717) is 33.9 Å². The molecular weight excluding hydrogens is 574 g/mol. The Balaban J connectivity index is 1.51. The van der Waals surface area contributed by atoms with E-state index in [2.05, 4.69) is 0 Å². The van der Waals surface area contributed by atoms with E-state index in [9.17, 15) is 19.7 Å². The maximum atomic E-state index is 13.4. The monoisotopic (exact) mass is 597 g/mol. The van der Waals surface area contributed by atoms with Crippen molar-refractivity contribution < 1.29 is 47.7 Å². The molecule has 12 nitrogen and oxygen atoms in total. The van der Waals surface area contributed by atoms with Crippen molar-refractivity contribution >= 4 is 29.2 Å². The van der Waals surface area contributed by atoms with E-state index >= 15 is 0 Å². The van der Waals surface area contributed by atoms with E-state index in [0.717, 1.165) is 0 Å². The van der Waals surface area contributed by atoms with Gasteiger partial charge in [-0.1, -0.05) is 11.6 Å². The first-order valence-corrected chi connectivity index (χ1v) is 13.2. The third-order valence-corrected chi connectivity index (χ3v) is 8.19. The number of hydrogen-bond donors (Lipinski definition) is 0. The minimum Gasteiger partial charge on any atom is -0.493 e. The van der Waals surface area contributed by atoms with Gasteiger partial charge in [0.1, 0.15) is 6.10 Å². The van der Waals surface area contributed by atoms with Crippen molar-refractivity contribution in [3.8, 4) is 28.7 Å². The van der Waals surface area contributed by atoms with Crippen molar-refractivity contribution in [1.82, 2.24) is 0 Å². The average molecular weight is 598 g/mol. The molecule has 0 N–H and O–H groups in total. The third-order valence-electron chi connectivity index (χ3n) is 7.80. The Morgan fingerprint density at radius 1 is 0.929 bits per heavy atom. The fraction of sp³-hybridized carbons (Fsp3) is 0.310. The van der Waals surface area contributed by atoms with Crippen LogP contribution in [0.25, 0.3) is 0 Å². The highest BCUT2D eigenvalue weighted by molar-refractivity contribution is 6.33. The Morgan fingerprint density at radius 3 is 2.21 bits per heavy atom. The van der Waals surface area contributed by atoms with Gasteiger partial charge in [0.05, 0.1) is 49.4 Å². The van der Waals surface area contributed by atoms with Crippen LogP contribution in [0.2, 0.25) is 5.02 Å².